The van der Waals surface area contributed by atoms with Crippen LogP contribution >= 0.6 is 22.9 Å². The number of carbonyl (C=O) groups excluding carboxylic acids is 1. The summed E-state index contributed by atoms with van der Waals surface area (Å²) in [6, 6.07) is 11.1. The van der Waals surface area contributed by atoms with E-state index < -0.39 is 23.6 Å². The molecule has 238 valence electrons. The van der Waals surface area contributed by atoms with Crippen LogP contribution in [0.4, 0.5) is 13.6 Å². The highest BCUT2D eigenvalue weighted by Gasteiger charge is 2.39. The molecule has 1 saturated carbocycles. The summed E-state index contributed by atoms with van der Waals surface area (Å²) in [6.45, 7) is 6.20. The zero-order chi connectivity index (χ0) is 32.5. The van der Waals surface area contributed by atoms with Crippen molar-refractivity contribution in [2.24, 2.45) is 11.3 Å². The number of ether oxygens (including phenoxy) is 1. The van der Waals surface area contributed by atoms with Gasteiger partial charge >= 0.3 is 6.09 Å². The molecule has 1 unspecified atom stereocenters. The molecule has 2 amide bonds. The van der Waals surface area contributed by atoms with E-state index in [-0.39, 0.29) is 49.9 Å². The molecule has 0 bridgehead atoms. The van der Waals surface area contributed by atoms with E-state index in [1.165, 1.54) is 0 Å². The summed E-state index contributed by atoms with van der Waals surface area (Å²) in [5.74, 6) is -1.09. The molecular weight excluding hydrogens is 620 g/mol. The van der Waals surface area contributed by atoms with Crippen LogP contribution in [0.1, 0.15) is 61.7 Å². The Bertz CT molecular complexity index is 1700. The Hall–Kier alpha value is -3.76. The lowest BCUT2D eigenvalue weighted by atomic mass is 9.72. The molecule has 4 aromatic rings. The number of hydrogen-bond acceptors (Lipinski definition) is 5. The van der Waals surface area contributed by atoms with Gasteiger partial charge in [0.15, 0.2) is 0 Å². The van der Waals surface area contributed by atoms with Gasteiger partial charge in [0.1, 0.15) is 22.3 Å². The highest BCUT2D eigenvalue weighted by Crippen LogP contribution is 2.42. The second-order valence-electron chi connectivity index (χ2n) is 12.5. The third-order valence-corrected chi connectivity index (χ3v) is 10.3. The minimum Gasteiger partial charge on any atom is -0.496 e. The number of aromatic nitrogens is 1. The first kappa shape index (κ1) is 32.6. The van der Waals surface area contributed by atoms with Gasteiger partial charge in [-0.15, -0.1) is 11.3 Å². The molecule has 5 rings (SSSR count). The van der Waals surface area contributed by atoms with E-state index in [1.807, 2.05) is 51.1 Å². The number of nitrogens with zero attached hydrogens (tertiary/aromatic N) is 2. The monoisotopic (exact) mass is 655 g/mol. The number of carboxylic acid groups (broad SMARTS) is 1. The quantitative estimate of drug-likeness (QED) is 0.198. The van der Waals surface area contributed by atoms with Crippen molar-refractivity contribution in [3.63, 3.8) is 0 Å². The second kappa shape index (κ2) is 13.3. The molecule has 45 heavy (non-hydrogen) atoms. The maximum Gasteiger partial charge on any atom is 0.404 e. The van der Waals surface area contributed by atoms with Crippen LogP contribution in [0, 0.1) is 23.0 Å². The van der Waals surface area contributed by atoms with Crippen LogP contribution in [0.2, 0.25) is 5.02 Å². The first-order valence-corrected chi connectivity index (χ1v) is 16.0. The summed E-state index contributed by atoms with van der Waals surface area (Å²) >= 11 is 7.45. The molecule has 11 heteroatoms. The van der Waals surface area contributed by atoms with Gasteiger partial charge in [0.2, 0.25) is 0 Å². The lowest BCUT2D eigenvalue weighted by Crippen LogP contribution is -2.50. The van der Waals surface area contributed by atoms with Gasteiger partial charge in [-0.25, -0.2) is 13.6 Å². The Kier molecular flexibility index (Phi) is 9.65. The SMILES string of the molecule is COc1ccc(-c2cccnc2)cc1CN(C(=O)c1sc2c(F)ccc(F)c2c1Cl)C1CCC(C(NC(=O)O)C(C)(C)C)CC1. The van der Waals surface area contributed by atoms with Gasteiger partial charge in [-0.05, 0) is 72.9 Å². The maximum absolute atomic E-state index is 14.8. The normalized spacial score (nSPS) is 17.6. The molecule has 0 saturated heterocycles. The summed E-state index contributed by atoms with van der Waals surface area (Å²) in [7, 11) is 1.57. The van der Waals surface area contributed by atoms with Crippen molar-refractivity contribution in [3.8, 4) is 16.9 Å². The lowest BCUT2D eigenvalue weighted by molar-refractivity contribution is 0.0543. The molecule has 1 aliphatic rings. The fourth-order valence-corrected chi connectivity index (χ4v) is 7.96. The number of methoxy groups -OCH3 is 1. The molecule has 2 heterocycles. The Morgan fingerprint density at radius 2 is 1.82 bits per heavy atom. The average Bonchev–Trinajstić information content (AvgIpc) is 3.38. The van der Waals surface area contributed by atoms with Crippen molar-refractivity contribution >= 4 is 45.0 Å². The van der Waals surface area contributed by atoms with E-state index in [2.05, 4.69) is 10.3 Å². The zero-order valence-corrected chi connectivity index (χ0v) is 27.1. The number of nitrogens with one attached hydrogen (secondary N) is 1. The topological polar surface area (TPSA) is 91.8 Å². The Labute approximate surface area is 270 Å². The smallest absolute Gasteiger partial charge is 0.404 e. The fraction of sp³-hybridized carbons (Fsp3) is 0.382. The Morgan fingerprint density at radius 3 is 2.42 bits per heavy atom. The summed E-state index contributed by atoms with van der Waals surface area (Å²) in [6.07, 6.45) is 4.99. The molecule has 0 spiro atoms. The van der Waals surface area contributed by atoms with Crippen molar-refractivity contribution in [3.05, 3.63) is 82.0 Å². The molecule has 7 nitrogen and oxygen atoms in total. The zero-order valence-electron chi connectivity index (χ0n) is 25.6. The van der Waals surface area contributed by atoms with Crippen LogP contribution in [0.3, 0.4) is 0 Å². The molecule has 2 aromatic heterocycles. The van der Waals surface area contributed by atoms with E-state index in [0.717, 1.165) is 40.2 Å². The first-order valence-electron chi connectivity index (χ1n) is 14.8. The van der Waals surface area contributed by atoms with Gasteiger partial charge in [-0.3, -0.25) is 9.78 Å². The maximum atomic E-state index is 14.8. The largest absolute Gasteiger partial charge is 0.496 e. The van der Waals surface area contributed by atoms with Gasteiger partial charge in [-0.2, -0.15) is 0 Å². The summed E-state index contributed by atoms with van der Waals surface area (Å²) in [5, 5.41) is 12.0. The summed E-state index contributed by atoms with van der Waals surface area (Å²) in [4.78, 5) is 32.0. The molecule has 2 aromatic carbocycles. The van der Waals surface area contributed by atoms with Gasteiger partial charge in [-0.1, -0.05) is 44.5 Å². The predicted octanol–water partition coefficient (Wildman–Crippen LogP) is 8.79. The lowest BCUT2D eigenvalue weighted by Gasteiger charge is -2.43. The number of pyridine rings is 1. The highest BCUT2D eigenvalue weighted by atomic mass is 35.5. The van der Waals surface area contributed by atoms with Crippen molar-refractivity contribution in [2.75, 3.05) is 7.11 Å². The predicted molar refractivity (Wildman–Crippen MR) is 173 cm³/mol. The van der Waals surface area contributed by atoms with Gasteiger partial charge < -0.3 is 20.1 Å². The number of carbonyl (C=O) groups is 2. The first-order chi connectivity index (χ1) is 21.4. The average molecular weight is 656 g/mol. The van der Waals surface area contributed by atoms with E-state index in [4.69, 9.17) is 16.3 Å². The molecule has 1 aliphatic carbocycles. The van der Waals surface area contributed by atoms with Crippen molar-refractivity contribution in [2.45, 2.75) is 65.1 Å². The van der Waals surface area contributed by atoms with E-state index in [1.54, 1.807) is 24.4 Å². The van der Waals surface area contributed by atoms with Crippen LogP contribution in [-0.4, -0.2) is 46.2 Å². The second-order valence-corrected chi connectivity index (χ2v) is 13.9. The molecular formula is C34H36ClF2N3O4S. The number of hydrogen-bond donors (Lipinski definition) is 2. The standard InChI is InChI=1S/C34H36ClF2N3O4S/c1-34(2,3)31(39-33(42)43)19-7-10-23(11-8-19)40(32(41)30-28(35)27-24(36)12-13-25(37)29(27)45-30)18-22-16-20(9-14-26(22)44-4)21-6-5-15-38-17-21/h5-6,9,12-17,19,23,31,39H,7-8,10-11,18H2,1-4H3,(H,42,43). The van der Waals surface area contributed by atoms with E-state index >= 15 is 0 Å². The molecule has 1 atom stereocenters. The van der Waals surface area contributed by atoms with Gasteiger partial charge in [0.05, 0.1) is 22.2 Å². The third-order valence-electron chi connectivity index (χ3n) is 8.62. The van der Waals surface area contributed by atoms with Crippen molar-refractivity contribution < 1.29 is 28.2 Å². The van der Waals surface area contributed by atoms with Gasteiger partial charge in [0.25, 0.3) is 5.91 Å². The minimum atomic E-state index is -1.06. The summed E-state index contributed by atoms with van der Waals surface area (Å²) < 4.78 is 35.2. The Morgan fingerprint density at radius 1 is 1.11 bits per heavy atom. The van der Waals surface area contributed by atoms with Crippen molar-refractivity contribution in [1.82, 2.24) is 15.2 Å². The van der Waals surface area contributed by atoms with Crippen LogP contribution in [0.15, 0.2) is 54.9 Å². The van der Waals surface area contributed by atoms with Crippen LogP contribution < -0.4 is 10.1 Å². The van der Waals surface area contributed by atoms with Crippen LogP contribution in [0.5, 0.6) is 5.75 Å². The highest BCUT2D eigenvalue weighted by molar-refractivity contribution is 7.21. The van der Waals surface area contributed by atoms with E-state index in [9.17, 15) is 23.5 Å². The van der Waals surface area contributed by atoms with Gasteiger partial charge in [0, 0.05) is 42.1 Å². The molecule has 0 aliphatic heterocycles. The van der Waals surface area contributed by atoms with Crippen molar-refractivity contribution in [1.29, 1.82) is 0 Å². The fourth-order valence-electron chi connectivity index (χ4n) is 6.45. The number of thiophene rings is 1. The molecule has 2 N–H and O–H groups in total. The van der Waals surface area contributed by atoms with Crippen LogP contribution in [0.25, 0.3) is 21.2 Å². The van der Waals surface area contributed by atoms with E-state index in [0.29, 0.717) is 31.4 Å². The number of amides is 2. The third kappa shape index (κ3) is 6.92. The number of fused-ring (bicyclic) bond motifs is 1. The minimum absolute atomic E-state index is 0.00377. The number of halogens is 3. The van der Waals surface area contributed by atoms with Crippen LogP contribution in [-0.2, 0) is 6.54 Å². The molecule has 0 radical (unpaired) electrons. The molecule has 1 fully saturated rings. The summed E-state index contributed by atoms with van der Waals surface area (Å²) in [5.41, 5.74) is 2.25. The number of benzene rings is 2. The Balaban J connectivity index is 1.52. The number of rotatable bonds is 8.